The van der Waals surface area contributed by atoms with Crippen molar-refractivity contribution < 1.29 is 0 Å². The Bertz CT molecular complexity index is 314. The number of benzene rings is 1. The van der Waals surface area contributed by atoms with Gasteiger partial charge in [-0.3, -0.25) is 0 Å². The average Bonchev–Trinajstić information content (AvgIpc) is 2.17. The highest BCUT2D eigenvalue weighted by molar-refractivity contribution is 6.33. The Balaban J connectivity index is 2.74. The summed E-state index contributed by atoms with van der Waals surface area (Å²) in [6, 6.07) is 10.4. The first-order valence-corrected chi connectivity index (χ1v) is 4.97. The van der Waals surface area contributed by atoms with Crippen molar-refractivity contribution in [3.05, 3.63) is 29.8 Å². The highest BCUT2D eigenvalue weighted by Crippen LogP contribution is 2.08. The van der Waals surface area contributed by atoms with E-state index in [0.29, 0.717) is 0 Å². The van der Waals surface area contributed by atoms with Crippen molar-refractivity contribution >= 4 is 15.4 Å². The van der Waals surface area contributed by atoms with Crippen LogP contribution in [0, 0.1) is 17.2 Å². The number of rotatable bonds is 3. The second kappa shape index (κ2) is 4.83. The second-order valence-corrected chi connectivity index (χ2v) is 3.63. The quantitative estimate of drug-likeness (QED) is 0.657. The van der Waals surface area contributed by atoms with Gasteiger partial charge in [0, 0.05) is 0 Å². The molecule has 0 spiro atoms. The summed E-state index contributed by atoms with van der Waals surface area (Å²) in [5.74, 6) is 0.137. The van der Waals surface area contributed by atoms with Gasteiger partial charge in [0.15, 0.2) is 0 Å². The van der Waals surface area contributed by atoms with Crippen LogP contribution in [0.15, 0.2) is 24.3 Å². The molecule has 1 unspecified atom stereocenters. The van der Waals surface area contributed by atoms with Gasteiger partial charge in [0.25, 0.3) is 0 Å². The molecule has 13 heavy (non-hydrogen) atoms. The van der Waals surface area contributed by atoms with Gasteiger partial charge in [-0.05, 0) is 18.4 Å². The molecule has 0 amide bonds. The van der Waals surface area contributed by atoms with Crippen LogP contribution in [-0.4, -0.2) is 10.2 Å². The summed E-state index contributed by atoms with van der Waals surface area (Å²) < 4.78 is 0. The van der Waals surface area contributed by atoms with Crippen molar-refractivity contribution in [1.29, 1.82) is 5.26 Å². The number of hydrogen-bond acceptors (Lipinski definition) is 1. The summed E-state index contributed by atoms with van der Waals surface area (Å²) in [7, 11) is 3.52. The minimum Gasteiger partial charge on any atom is -0.198 e. The van der Waals surface area contributed by atoms with Gasteiger partial charge in [-0.2, -0.15) is 5.26 Å². The number of nitriles is 1. The Kier molecular flexibility index (Phi) is 3.72. The Morgan fingerprint density at radius 1 is 1.46 bits per heavy atom. The van der Waals surface area contributed by atoms with Gasteiger partial charge in [-0.25, -0.2) is 0 Å². The predicted molar refractivity (Wildman–Crippen MR) is 54.9 cm³/mol. The average molecular weight is 186 g/mol. The zero-order valence-electron chi connectivity index (χ0n) is 7.75. The number of hydrogen-bond donors (Lipinski definition) is 0. The summed E-state index contributed by atoms with van der Waals surface area (Å²) in [4.78, 5) is 0. The molecule has 0 aliphatic rings. The van der Waals surface area contributed by atoms with Gasteiger partial charge in [0.2, 0.25) is 0 Å². The summed E-state index contributed by atoms with van der Waals surface area (Å²) >= 11 is 0. The van der Waals surface area contributed by atoms with Gasteiger partial charge in [0.1, 0.15) is 0 Å². The van der Waals surface area contributed by atoms with Crippen LogP contribution in [0.25, 0.3) is 0 Å². The monoisotopic (exact) mass is 186 g/mol. The van der Waals surface area contributed by atoms with Crippen molar-refractivity contribution in [1.82, 2.24) is 0 Å². The molecule has 0 heterocycles. The Morgan fingerprint density at radius 2 is 2.15 bits per heavy atom. The molecular formula is C11H12NSi. The fourth-order valence-corrected chi connectivity index (χ4v) is 1.53. The SMILES string of the molecule is CCC(C#N)Cc1ccccc1[Si]. The lowest BCUT2D eigenvalue weighted by atomic mass is 9.98. The summed E-state index contributed by atoms with van der Waals surface area (Å²) in [5, 5.41) is 9.91. The van der Waals surface area contributed by atoms with E-state index in [1.165, 1.54) is 5.56 Å². The molecule has 1 aromatic rings. The molecule has 0 bridgehead atoms. The molecule has 0 saturated carbocycles. The van der Waals surface area contributed by atoms with E-state index in [1.807, 2.05) is 25.1 Å². The molecule has 3 radical (unpaired) electrons. The number of nitrogens with zero attached hydrogens (tertiary/aromatic N) is 1. The van der Waals surface area contributed by atoms with E-state index in [2.05, 4.69) is 22.4 Å². The van der Waals surface area contributed by atoms with Crippen LogP contribution >= 0.6 is 0 Å². The van der Waals surface area contributed by atoms with Crippen LogP contribution < -0.4 is 5.19 Å². The molecule has 1 rings (SSSR count). The summed E-state index contributed by atoms with van der Waals surface area (Å²) in [6.07, 6.45) is 1.75. The standard InChI is InChI=1S/C11H12NSi/c1-2-9(8-12)7-10-5-3-4-6-11(10)13/h3-6,9H,2,7H2,1H3. The van der Waals surface area contributed by atoms with E-state index in [0.717, 1.165) is 18.0 Å². The third-order valence-corrected chi connectivity index (χ3v) is 2.65. The first-order valence-electron chi connectivity index (χ1n) is 4.47. The smallest absolute Gasteiger partial charge is 0.0715 e. The van der Waals surface area contributed by atoms with Crippen molar-refractivity contribution in [2.75, 3.05) is 0 Å². The summed E-state index contributed by atoms with van der Waals surface area (Å²) in [6.45, 7) is 2.05. The molecule has 0 saturated heterocycles. The largest absolute Gasteiger partial charge is 0.198 e. The molecule has 2 heteroatoms. The maximum Gasteiger partial charge on any atom is 0.0715 e. The molecule has 0 fully saturated rings. The van der Waals surface area contributed by atoms with Crippen LogP contribution in [0.4, 0.5) is 0 Å². The van der Waals surface area contributed by atoms with E-state index < -0.39 is 0 Å². The van der Waals surface area contributed by atoms with Crippen LogP contribution in [0.1, 0.15) is 18.9 Å². The Hall–Kier alpha value is -1.07. The van der Waals surface area contributed by atoms with Crippen LogP contribution in [-0.2, 0) is 6.42 Å². The molecule has 0 aliphatic carbocycles. The van der Waals surface area contributed by atoms with Crippen molar-refractivity contribution in [3.8, 4) is 6.07 Å². The van der Waals surface area contributed by atoms with E-state index in [1.54, 1.807) is 0 Å². The Labute approximate surface area is 82.8 Å². The van der Waals surface area contributed by atoms with E-state index in [9.17, 15) is 0 Å². The lowest BCUT2D eigenvalue weighted by molar-refractivity contribution is 0.640. The van der Waals surface area contributed by atoms with Crippen LogP contribution in [0.5, 0.6) is 0 Å². The van der Waals surface area contributed by atoms with Crippen molar-refractivity contribution in [2.24, 2.45) is 5.92 Å². The van der Waals surface area contributed by atoms with Gasteiger partial charge in [0.05, 0.1) is 22.2 Å². The van der Waals surface area contributed by atoms with Crippen LogP contribution in [0.2, 0.25) is 0 Å². The van der Waals surface area contributed by atoms with Crippen molar-refractivity contribution in [3.63, 3.8) is 0 Å². The molecular weight excluding hydrogens is 174 g/mol. The van der Waals surface area contributed by atoms with Gasteiger partial charge < -0.3 is 0 Å². The van der Waals surface area contributed by atoms with Gasteiger partial charge >= 0.3 is 0 Å². The highest BCUT2D eigenvalue weighted by Gasteiger charge is 2.06. The minimum absolute atomic E-state index is 0.137. The maximum atomic E-state index is 8.81. The highest BCUT2D eigenvalue weighted by atomic mass is 28.1. The molecule has 0 N–H and O–H groups in total. The molecule has 0 aliphatic heterocycles. The first kappa shape index (κ1) is 10.0. The predicted octanol–water partition coefficient (Wildman–Crippen LogP) is 1.57. The van der Waals surface area contributed by atoms with Gasteiger partial charge in [-0.1, -0.05) is 36.4 Å². The minimum atomic E-state index is 0.137. The normalized spacial score (nSPS) is 12.1. The van der Waals surface area contributed by atoms with E-state index in [4.69, 9.17) is 5.26 Å². The lowest BCUT2D eigenvalue weighted by Crippen LogP contribution is -2.13. The summed E-state index contributed by atoms with van der Waals surface area (Å²) in [5.41, 5.74) is 1.22. The third-order valence-electron chi connectivity index (χ3n) is 2.16. The zero-order chi connectivity index (χ0) is 9.68. The Morgan fingerprint density at radius 3 is 2.69 bits per heavy atom. The first-order chi connectivity index (χ1) is 6.27. The molecule has 1 atom stereocenters. The topological polar surface area (TPSA) is 23.8 Å². The van der Waals surface area contributed by atoms with Crippen LogP contribution in [0.3, 0.4) is 0 Å². The molecule has 1 aromatic carbocycles. The second-order valence-electron chi connectivity index (χ2n) is 3.10. The third kappa shape index (κ3) is 2.71. The molecule has 1 nitrogen and oxygen atoms in total. The van der Waals surface area contributed by atoms with E-state index >= 15 is 0 Å². The molecule has 65 valence electrons. The fraction of sp³-hybridized carbons (Fsp3) is 0.364. The lowest BCUT2D eigenvalue weighted by Gasteiger charge is -2.08. The molecule has 0 aromatic heterocycles. The van der Waals surface area contributed by atoms with Crippen molar-refractivity contribution in [2.45, 2.75) is 19.8 Å². The van der Waals surface area contributed by atoms with E-state index in [-0.39, 0.29) is 5.92 Å². The van der Waals surface area contributed by atoms with Gasteiger partial charge in [-0.15, -0.1) is 0 Å². The maximum absolute atomic E-state index is 8.81. The fourth-order valence-electron chi connectivity index (χ4n) is 1.25. The zero-order valence-corrected chi connectivity index (χ0v) is 8.75.